The van der Waals surface area contributed by atoms with Gasteiger partial charge in [0.25, 0.3) is 11.8 Å². The molecule has 0 spiro atoms. The fourth-order valence-corrected chi connectivity index (χ4v) is 4.95. The molecule has 2 amide bonds. The summed E-state index contributed by atoms with van der Waals surface area (Å²) in [5.74, 6) is -0.252. The van der Waals surface area contributed by atoms with E-state index in [4.69, 9.17) is 11.6 Å². The minimum Gasteiger partial charge on any atom is -0.306 e. The van der Waals surface area contributed by atoms with Crippen molar-refractivity contribution >= 4 is 23.4 Å². The second-order valence-electron chi connectivity index (χ2n) is 7.68. The summed E-state index contributed by atoms with van der Waals surface area (Å²) in [7, 11) is 1.82. The number of nitrogens with zero attached hydrogens (tertiary/aromatic N) is 5. The smallest absolute Gasteiger partial charge is 0.260 e. The molecule has 0 radical (unpaired) electrons. The maximum atomic E-state index is 13.9. The largest absolute Gasteiger partial charge is 0.306 e. The minimum atomic E-state index is -1.06. The van der Waals surface area contributed by atoms with Crippen LogP contribution in [0.1, 0.15) is 43.2 Å². The molecule has 8 heteroatoms. The summed E-state index contributed by atoms with van der Waals surface area (Å²) in [4.78, 5) is 35.0. The van der Waals surface area contributed by atoms with Crippen LogP contribution in [0.4, 0.5) is 0 Å². The third-order valence-corrected chi connectivity index (χ3v) is 6.47. The topological polar surface area (TPSA) is 71.3 Å². The minimum absolute atomic E-state index is 0.0997. The van der Waals surface area contributed by atoms with Crippen molar-refractivity contribution in [1.29, 1.82) is 0 Å². The zero-order valence-corrected chi connectivity index (χ0v) is 17.6. The number of halogens is 1. The first-order chi connectivity index (χ1) is 14.4. The lowest BCUT2D eigenvalue weighted by Gasteiger charge is -2.40. The number of aromatic nitrogens is 3. The Kier molecular flexibility index (Phi) is 4.02. The highest BCUT2D eigenvalue weighted by Crippen LogP contribution is 2.50. The van der Waals surface area contributed by atoms with Crippen LogP contribution < -0.4 is 0 Å². The van der Waals surface area contributed by atoms with E-state index in [1.807, 2.05) is 33.0 Å². The van der Waals surface area contributed by atoms with Crippen LogP contribution in [0.25, 0.3) is 0 Å². The summed E-state index contributed by atoms with van der Waals surface area (Å²) in [5.41, 5.74) is 3.05. The first-order valence-corrected chi connectivity index (χ1v) is 10.1. The van der Waals surface area contributed by atoms with Gasteiger partial charge in [-0.3, -0.25) is 19.3 Å². The molecular formula is C22H20ClN5O2. The molecule has 0 bridgehead atoms. The molecule has 30 heavy (non-hydrogen) atoms. The van der Waals surface area contributed by atoms with E-state index in [0.717, 1.165) is 11.3 Å². The highest BCUT2D eigenvalue weighted by Gasteiger charge is 2.60. The van der Waals surface area contributed by atoms with Crippen LogP contribution in [0.2, 0.25) is 5.02 Å². The Bertz CT molecular complexity index is 1200. The summed E-state index contributed by atoms with van der Waals surface area (Å²) in [6.07, 6.45) is 3.30. The predicted molar refractivity (Wildman–Crippen MR) is 111 cm³/mol. The van der Waals surface area contributed by atoms with E-state index in [1.54, 1.807) is 45.1 Å². The van der Waals surface area contributed by atoms with Gasteiger partial charge in [0, 0.05) is 54.4 Å². The van der Waals surface area contributed by atoms with Crippen molar-refractivity contribution in [3.63, 3.8) is 0 Å². The summed E-state index contributed by atoms with van der Waals surface area (Å²) >= 11 is 6.14. The molecule has 0 N–H and O–H groups in total. The van der Waals surface area contributed by atoms with Crippen LogP contribution in [0, 0.1) is 13.8 Å². The highest BCUT2D eigenvalue weighted by atomic mass is 35.5. The summed E-state index contributed by atoms with van der Waals surface area (Å²) in [5, 5.41) is 5.00. The molecule has 1 fully saturated rings. The molecule has 7 nitrogen and oxygen atoms in total. The SMILES string of the molecule is Cc1nn(C)c(C)c1C(=O)N1CCN2C(=O)c3ccncc3C21c1ccc(Cl)cc1. The fourth-order valence-electron chi connectivity index (χ4n) is 4.83. The fraction of sp³-hybridized carbons (Fsp3) is 0.273. The van der Waals surface area contributed by atoms with E-state index in [2.05, 4.69) is 10.1 Å². The van der Waals surface area contributed by atoms with Gasteiger partial charge in [-0.25, -0.2) is 0 Å². The number of carbonyl (C=O) groups is 2. The molecule has 1 unspecified atom stereocenters. The quantitative estimate of drug-likeness (QED) is 0.638. The first kappa shape index (κ1) is 18.8. The average molecular weight is 422 g/mol. The molecule has 2 aliphatic rings. The predicted octanol–water partition coefficient (Wildman–Crippen LogP) is 2.90. The Morgan fingerprint density at radius 3 is 2.53 bits per heavy atom. The van der Waals surface area contributed by atoms with Gasteiger partial charge < -0.3 is 9.80 Å². The monoisotopic (exact) mass is 421 g/mol. The third-order valence-electron chi connectivity index (χ3n) is 6.22. The second kappa shape index (κ2) is 6.40. The zero-order valence-electron chi connectivity index (χ0n) is 16.9. The molecule has 3 aromatic rings. The van der Waals surface area contributed by atoms with Crippen molar-refractivity contribution in [3.8, 4) is 0 Å². The lowest BCUT2D eigenvalue weighted by Crippen LogP contribution is -2.51. The average Bonchev–Trinajstić information content (AvgIpc) is 3.33. The van der Waals surface area contributed by atoms with Gasteiger partial charge in [0.1, 0.15) is 0 Å². The van der Waals surface area contributed by atoms with Crippen LogP contribution in [0.5, 0.6) is 0 Å². The molecule has 0 aliphatic carbocycles. The number of aryl methyl sites for hydroxylation is 2. The molecule has 1 saturated heterocycles. The summed E-state index contributed by atoms with van der Waals surface area (Å²) < 4.78 is 1.71. The Hall–Kier alpha value is -3.19. The van der Waals surface area contributed by atoms with E-state index in [9.17, 15) is 9.59 Å². The van der Waals surface area contributed by atoms with Gasteiger partial charge >= 0.3 is 0 Å². The van der Waals surface area contributed by atoms with Gasteiger partial charge in [-0.15, -0.1) is 0 Å². The standard InChI is InChI=1S/C22H20ClN5O2/c1-13-19(14(2)26(3)25-13)21(30)28-11-10-27-20(29)17-8-9-24-12-18(17)22(27,28)15-4-6-16(23)7-5-15/h4-9,12H,10-11H2,1-3H3. The Balaban J connectivity index is 1.77. The molecule has 1 aromatic carbocycles. The van der Waals surface area contributed by atoms with Crippen molar-refractivity contribution in [1.82, 2.24) is 24.6 Å². The van der Waals surface area contributed by atoms with Crippen LogP contribution >= 0.6 is 11.6 Å². The van der Waals surface area contributed by atoms with Gasteiger partial charge in [-0.1, -0.05) is 23.7 Å². The third kappa shape index (κ3) is 2.26. The highest BCUT2D eigenvalue weighted by molar-refractivity contribution is 6.30. The Morgan fingerprint density at radius 1 is 1.13 bits per heavy atom. The van der Waals surface area contributed by atoms with E-state index >= 15 is 0 Å². The number of benzene rings is 1. The number of hydrogen-bond acceptors (Lipinski definition) is 4. The van der Waals surface area contributed by atoms with Gasteiger partial charge in [0.2, 0.25) is 0 Å². The van der Waals surface area contributed by atoms with Gasteiger partial charge in [-0.05, 0) is 32.0 Å². The molecule has 4 heterocycles. The van der Waals surface area contributed by atoms with E-state index in [1.165, 1.54) is 0 Å². The lowest BCUT2D eigenvalue weighted by atomic mass is 9.90. The molecule has 2 aromatic heterocycles. The summed E-state index contributed by atoms with van der Waals surface area (Å²) in [6, 6.07) is 9.03. The van der Waals surface area contributed by atoms with E-state index in [0.29, 0.717) is 40.5 Å². The summed E-state index contributed by atoms with van der Waals surface area (Å²) in [6.45, 7) is 4.55. The van der Waals surface area contributed by atoms with Crippen LogP contribution in [-0.2, 0) is 12.7 Å². The van der Waals surface area contributed by atoms with Gasteiger partial charge in [0.05, 0.1) is 16.8 Å². The molecule has 152 valence electrons. The van der Waals surface area contributed by atoms with Gasteiger partial charge in [-0.2, -0.15) is 5.10 Å². The number of carbonyl (C=O) groups excluding carboxylic acids is 2. The van der Waals surface area contributed by atoms with Crippen molar-refractivity contribution in [3.05, 3.63) is 81.4 Å². The van der Waals surface area contributed by atoms with Crippen LogP contribution in [0.3, 0.4) is 0 Å². The number of amides is 2. The van der Waals surface area contributed by atoms with Crippen molar-refractivity contribution in [2.45, 2.75) is 19.5 Å². The lowest BCUT2D eigenvalue weighted by molar-refractivity contribution is 0.0373. The number of fused-ring (bicyclic) bond motifs is 3. The van der Waals surface area contributed by atoms with E-state index in [-0.39, 0.29) is 11.8 Å². The first-order valence-electron chi connectivity index (χ1n) is 9.72. The molecule has 5 rings (SSSR count). The second-order valence-corrected chi connectivity index (χ2v) is 8.12. The molecule has 1 atom stereocenters. The van der Waals surface area contributed by atoms with E-state index < -0.39 is 5.66 Å². The van der Waals surface area contributed by atoms with Crippen molar-refractivity contribution < 1.29 is 9.59 Å². The normalized spacial score (nSPS) is 19.9. The maximum absolute atomic E-state index is 13.9. The van der Waals surface area contributed by atoms with Crippen molar-refractivity contribution in [2.24, 2.45) is 7.05 Å². The van der Waals surface area contributed by atoms with Crippen molar-refractivity contribution in [2.75, 3.05) is 13.1 Å². The molecular weight excluding hydrogens is 402 g/mol. The number of rotatable bonds is 2. The molecule has 0 saturated carbocycles. The molecule has 2 aliphatic heterocycles. The Morgan fingerprint density at radius 2 is 1.87 bits per heavy atom. The number of hydrogen-bond donors (Lipinski definition) is 0. The zero-order chi connectivity index (χ0) is 21.2. The van der Waals surface area contributed by atoms with Crippen LogP contribution in [0.15, 0.2) is 42.7 Å². The maximum Gasteiger partial charge on any atom is 0.260 e. The van der Waals surface area contributed by atoms with Crippen LogP contribution in [-0.4, -0.2) is 49.5 Å². The van der Waals surface area contributed by atoms with Gasteiger partial charge in [0.15, 0.2) is 5.66 Å². The number of pyridine rings is 1. The Labute approximate surface area is 178 Å².